The van der Waals surface area contributed by atoms with Crippen molar-refractivity contribution in [2.75, 3.05) is 12.4 Å². The first-order valence-electron chi connectivity index (χ1n) is 5.09. The van der Waals surface area contributed by atoms with E-state index in [1.807, 2.05) is 6.07 Å². The summed E-state index contributed by atoms with van der Waals surface area (Å²) < 4.78 is 5.90. The lowest BCUT2D eigenvalue weighted by Crippen LogP contribution is -2.07. The monoisotopic (exact) mass is 248 g/mol. The van der Waals surface area contributed by atoms with E-state index in [9.17, 15) is 4.79 Å². The van der Waals surface area contributed by atoms with Gasteiger partial charge in [-0.05, 0) is 12.1 Å². The van der Waals surface area contributed by atoms with Crippen molar-refractivity contribution in [1.29, 1.82) is 0 Å². The summed E-state index contributed by atoms with van der Waals surface area (Å²) in [5.41, 5.74) is 1.46. The summed E-state index contributed by atoms with van der Waals surface area (Å²) >= 11 is 5.25. The number of aromatic nitrogens is 1. The molecule has 0 spiro atoms. The van der Waals surface area contributed by atoms with Gasteiger partial charge in [0.05, 0.1) is 18.3 Å². The molecule has 2 N–H and O–H groups in total. The van der Waals surface area contributed by atoms with E-state index in [4.69, 9.17) is 17.0 Å². The molecule has 0 aliphatic heterocycles. The Balaban J connectivity index is 2.76. The molecule has 5 heteroatoms. The number of carbonyl (C=O) groups excluding carboxylic acids is 1. The largest absolute Gasteiger partial charge is 0.497 e. The summed E-state index contributed by atoms with van der Waals surface area (Å²) in [6, 6.07) is 5.41. The zero-order valence-electron chi connectivity index (χ0n) is 9.53. The Morgan fingerprint density at radius 1 is 1.47 bits per heavy atom. The molecular formula is C12H12N2O2S. The molecule has 0 atom stereocenters. The van der Waals surface area contributed by atoms with Gasteiger partial charge in [-0.3, -0.25) is 4.79 Å². The first kappa shape index (κ1) is 11.6. The number of pyridine rings is 1. The molecule has 1 aromatic heterocycles. The number of aromatic amines is 1. The predicted molar refractivity (Wildman–Crippen MR) is 70.0 cm³/mol. The molecule has 0 aliphatic carbocycles. The summed E-state index contributed by atoms with van der Waals surface area (Å²) in [5, 5.41) is 3.61. The SMILES string of the molecule is COc1cc(NC(C)=O)c2[nH]ccc(=S)c2c1. The van der Waals surface area contributed by atoms with Gasteiger partial charge >= 0.3 is 0 Å². The molecule has 88 valence electrons. The molecule has 17 heavy (non-hydrogen) atoms. The summed E-state index contributed by atoms with van der Waals surface area (Å²) in [4.78, 5) is 14.2. The normalized spacial score (nSPS) is 10.2. The highest BCUT2D eigenvalue weighted by atomic mass is 32.1. The molecule has 2 aromatic rings. The quantitative estimate of drug-likeness (QED) is 0.803. The fraction of sp³-hybridized carbons (Fsp3) is 0.167. The smallest absolute Gasteiger partial charge is 0.221 e. The molecule has 0 radical (unpaired) electrons. The van der Waals surface area contributed by atoms with E-state index < -0.39 is 0 Å². The van der Waals surface area contributed by atoms with Gasteiger partial charge in [0, 0.05) is 29.1 Å². The van der Waals surface area contributed by atoms with Crippen LogP contribution in [0.3, 0.4) is 0 Å². The molecule has 0 fully saturated rings. The maximum atomic E-state index is 11.1. The van der Waals surface area contributed by atoms with Gasteiger partial charge in [-0.25, -0.2) is 0 Å². The minimum Gasteiger partial charge on any atom is -0.497 e. The number of fused-ring (bicyclic) bond motifs is 1. The standard InChI is InChI=1S/C12H12N2O2S/c1-7(15)14-10-6-8(16-2)5-9-11(17)3-4-13-12(9)10/h3-6H,1-2H3,(H,13,17)(H,14,15). The molecule has 0 aliphatic rings. The Kier molecular flexibility index (Phi) is 3.10. The lowest BCUT2D eigenvalue weighted by atomic mass is 10.1. The maximum absolute atomic E-state index is 11.1. The first-order valence-corrected chi connectivity index (χ1v) is 5.49. The lowest BCUT2D eigenvalue weighted by Gasteiger charge is -2.09. The summed E-state index contributed by atoms with van der Waals surface area (Å²) in [7, 11) is 1.58. The number of benzene rings is 1. The average molecular weight is 248 g/mol. The number of anilines is 1. The molecule has 1 aromatic carbocycles. The molecule has 2 rings (SSSR count). The predicted octanol–water partition coefficient (Wildman–Crippen LogP) is 2.86. The summed E-state index contributed by atoms with van der Waals surface area (Å²) in [6.07, 6.45) is 1.75. The van der Waals surface area contributed by atoms with E-state index in [1.165, 1.54) is 6.92 Å². The van der Waals surface area contributed by atoms with Crippen molar-refractivity contribution in [2.24, 2.45) is 0 Å². The molecule has 1 amide bonds. The third kappa shape index (κ3) is 2.29. The van der Waals surface area contributed by atoms with Crippen molar-refractivity contribution in [1.82, 2.24) is 4.98 Å². The Morgan fingerprint density at radius 2 is 2.24 bits per heavy atom. The minimum atomic E-state index is -0.136. The van der Waals surface area contributed by atoms with Gasteiger partial charge in [-0.1, -0.05) is 12.2 Å². The van der Waals surface area contributed by atoms with E-state index in [0.29, 0.717) is 15.9 Å². The highest BCUT2D eigenvalue weighted by Gasteiger charge is 2.07. The molecule has 1 heterocycles. The van der Waals surface area contributed by atoms with Crippen LogP contribution in [0, 0.1) is 4.51 Å². The molecule has 0 saturated carbocycles. The van der Waals surface area contributed by atoms with Crippen LogP contribution in [0.5, 0.6) is 5.75 Å². The van der Waals surface area contributed by atoms with Crippen LogP contribution in [0.25, 0.3) is 10.9 Å². The Hall–Kier alpha value is -1.88. The number of H-pyrrole nitrogens is 1. The van der Waals surface area contributed by atoms with E-state index in [2.05, 4.69) is 10.3 Å². The Labute approximate surface area is 104 Å². The van der Waals surface area contributed by atoms with Gasteiger partial charge in [0.25, 0.3) is 0 Å². The molecule has 0 unspecified atom stereocenters. The number of hydrogen-bond donors (Lipinski definition) is 2. The molecule has 4 nitrogen and oxygen atoms in total. The fourth-order valence-corrected chi connectivity index (χ4v) is 1.89. The third-order valence-electron chi connectivity index (χ3n) is 2.39. The van der Waals surface area contributed by atoms with Gasteiger partial charge in [-0.2, -0.15) is 0 Å². The van der Waals surface area contributed by atoms with Crippen molar-refractivity contribution < 1.29 is 9.53 Å². The van der Waals surface area contributed by atoms with Crippen LogP contribution < -0.4 is 10.1 Å². The number of rotatable bonds is 2. The number of carbonyl (C=O) groups is 1. The van der Waals surface area contributed by atoms with Crippen LogP contribution in [0.4, 0.5) is 5.69 Å². The van der Waals surface area contributed by atoms with Crippen LogP contribution in [0.2, 0.25) is 0 Å². The molecular weight excluding hydrogens is 236 g/mol. The number of nitrogens with one attached hydrogen (secondary N) is 2. The minimum absolute atomic E-state index is 0.136. The van der Waals surface area contributed by atoms with Crippen LogP contribution in [0.15, 0.2) is 24.4 Å². The number of methoxy groups -OCH3 is 1. The van der Waals surface area contributed by atoms with E-state index in [1.54, 1.807) is 25.4 Å². The maximum Gasteiger partial charge on any atom is 0.221 e. The van der Waals surface area contributed by atoms with Crippen molar-refractivity contribution in [2.45, 2.75) is 6.92 Å². The lowest BCUT2D eigenvalue weighted by molar-refractivity contribution is -0.114. The average Bonchev–Trinajstić information content (AvgIpc) is 2.29. The summed E-state index contributed by atoms with van der Waals surface area (Å²) in [6.45, 7) is 1.46. The second-order valence-corrected chi connectivity index (χ2v) is 4.06. The van der Waals surface area contributed by atoms with Gasteiger partial charge in [0.1, 0.15) is 5.75 Å². The molecule has 0 saturated heterocycles. The van der Waals surface area contributed by atoms with Crippen LogP contribution in [-0.2, 0) is 4.79 Å². The van der Waals surface area contributed by atoms with E-state index in [0.717, 1.165) is 10.9 Å². The third-order valence-corrected chi connectivity index (χ3v) is 2.74. The first-order chi connectivity index (χ1) is 8.11. The van der Waals surface area contributed by atoms with E-state index >= 15 is 0 Å². The zero-order valence-corrected chi connectivity index (χ0v) is 10.4. The van der Waals surface area contributed by atoms with E-state index in [-0.39, 0.29) is 5.91 Å². The zero-order chi connectivity index (χ0) is 12.4. The van der Waals surface area contributed by atoms with Crippen molar-refractivity contribution in [3.8, 4) is 5.75 Å². The fourth-order valence-electron chi connectivity index (χ4n) is 1.66. The number of hydrogen-bond acceptors (Lipinski definition) is 3. The second-order valence-electron chi connectivity index (χ2n) is 3.62. The highest BCUT2D eigenvalue weighted by Crippen LogP contribution is 2.28. The van der Waals surface area contributed by atoms with Crippen molar-refractivity contribution >= 4 is 34.7 Å². The summed E-state index contributed by atoms with van der Waals surface area (Å²) in [5.74, 6) is 0.523. The van der Waals surface area contributed by atoms with Crippen LogP contribution >= 0.6 is 12.2 Å². The molecule has 0 bridgehead atoms. The second kappa shape index (κ2) is 4.55. The number of ether oxygens (including phenoxy) is 1. The van der Waals surface area contributed by atoms with Crippen LogP contribution in [0.1, 0.15) is 6.92 Å². The van der Waals surface area contributed by atoms with Crippen LogP contribution in [-0.4, -0.2) is 18.0 Å². The highest BCUT2D eigenvalue weighted by molar-refractivity contribution is 7.71. The number of amides is 1. The van der Waals surface area contributed by atoms with Gasteiger partial charge in [-0.15, -0.1) is 0 Å². The van der Waals surface area contributed by atoms with Crippen molar-refractivity contribution in [3.05, 3.63) is 28.9 Å². The van der Waals surface area contributed by atoms with Crippen molar-refractivity contribution in [3.63, 3.8) is 0 Å². The topological polar surface area (TPSA) is 54.1 Å². The Bertz CT molecular complexity index is 634. The van der Waals surface area contributed by atoms with Gasteiger partial charge in [0.15, 0.2) is 0 Å². The Morgan fingerprint density at radius 3 is 2.88 bits per heavy atom. The van der Waals surface area contributed by atoms with Gasteiger partial charge in [0.2, 0.25) is 5.91 Å². The van der Waals surface area contributed by atoms with Gasteiger partial charge < -0.3 is 15.0 Å².